The van der Waals surface area contributed by atoms with Gasteiger partial charge in [-0.1, -0.05) is 28.1 Å². The van der Waals surface area contributed by atoms with Crippen molar-refractivity contribution in [3.63, 3.8) is 0 Å². The van der Waals surface area contributed by atoms with Gasteiger partial charge in [0.2, 0.25) is 0 Å². The number of hydrogen-bond donors (Lipinski definition) is 2. The van der Waals surface area contributed by atoms with E-state index in [9.17, 15) is 9.50 Å². The molecule has 2 N–H and O–H groups in total. The van der Waals surface area contributed by atoms with Crippen LogP contribution < -0.4 is 5.32 Å². The quantitative estimate of drug-likeness (QED) is 0.487. The van der Waals surface area contributed by atoms with Gasteiger partial charge in [-0.3, -0.25) is 0 Å². The summed E-state index contributed by atoms with van der Waals surface area (Å²) in [5.74, 6) is 0.487. The molecule has 1 heterocycles. The lowest BCUT2D eigenvalue weighted by Gasteiger charge is -2.12. The molecule has 6 heteroatoms. The first-order valence-corrected chi connectivity index (χ1v) is 9.36. The largest absolute Gasteiger partial charge is 0.507 e. The van der Waals surface area contributed by atoms with Crippen LogP contribution in [0.1, 0.15) is 6.42 Å². The van der Waals surface area contributed by atoms with E-state index in [0.717, 1.165) is 22.0 Å². The van der Waals surface area contributed by atoms with Crippen LogP contribution >= 0.6 is 15.9 Å². The van der Waals surface area contributed by atoms with Crippen molar-refractivity contribution in [3.05, 3.63) is 64.9 Å². The van der Waals surface area contributed by atoms with Gasteiger partial charge in [0, 0.05) is 30.3 Å². The Labute approximate surface area is 166 Å². The van der Waals surface area contributed by atoms with Crippen LogP contribution in [0.25, 0.3) is 22.4 Å². The number of methoxy groups -OCH3 is 1. The molecule has 3 aromatic rings. The summed E-state index contributed by atoms with van der Waals surface area (Å²) in [6.45, 7) is 1.34. The van der Waals surface area contributed by atoms with Gasteiger partial charge in [0.25, 0.3) is 0 Å². The molecule has 3 rings (SSSR count). The molecule has 0 atom stereocenters. The summed E-state index contributed by atoms with van der Waals surface area (Å²) < 4.78 is 19.6. The van der Waals surface area contributed by atoms with Gasteiger partial charge in [-0.05, 0) is 60.0 Å². The number of phenols is 1. The number of pyridine rings is 1. The van der Waals surface area contributed by atoms with E-state index in [-0.39, 0.29) is 11.6 Å². The van der Waals surface area contributed by atoms with E-state index in [1.165, 1.54) is 12.1 Å². The number of aromatic hydroxyl groups is 1. The van der Waals surface area contributed by atoms with Crippen molar-refractivity contribution in [3.8, 4) is 28.1 Å². The van der Waals surface area contributed by atoms with Crippen LogP contribution in [0.3, 0.4) is 0 Å². The third-order valence-corrected chi connectivity index (χ3v) is 4.54. The minimum Gasteiger partial charge on any atom is -0.507 e. The minimum atomic E-state index is -0.300. The van der Waals surface area contributed by atoms with Gasteiger partial charge in [0.15, 0.2) is 0 Å². The maximum atomic E-state index is 13.7. The van der Waals surface area contributed by atoms with E-state index >= 15 is 0 Å². The number of halogens is 2. The average Bonchev–Trinajstić information content (AvgIpc) is 2.67. The summed E-state index contributed by atoms with van der Waals surface area (Å²) in [6.07, 6.45) is 0.833. The van der Waals surface area contributed by atoms with Crippen LogP contribution in [0.5, 0.6) is 5.75 Å². The molecule has 0 saturated carbocycles. The number of benzene rings is 2. The zero-order valence-electron chi connectivity index (χ0n) is 14.9. The normalized spacial score (nSPS) is 10.8. The molecule has 2 aromatic carbocycles. The zero-order chi connectivity index (χ0) is 19.2. The molecule has 27 heavy (non-hydrogen) atoms. The molecule has 0 aliphatic rings. The van der Waals surface area contributed by atoms with Crippen molar-refractivity contribution in [1.82, 2.24) is 4.98 Å². The number of ether oxygens (including phenoxy) is 1. The number of anilines is 1. The van der Waals surface area contributed by atoms with Crippen LogP contribution in [0.2, 0.25) is 0 Å². The minimum absolute atomic E-state index is 0.132. The van der Waals surface area contributed by atoms with E-state index in [2.05, 4.69) is 26.2 Å². The predicted octanol–water partition coefficient (Wildman–Crippen LogP) is 5.47. The van der Waals surface area contributed by atoms with Gasteiger partial charge in [-0.25, -0.2) is 9.37 Å². The molecule has 1 aromatic heterocycles. The Hall–Kier alpha value is -2.44. The lowest BCUT2D eigenvalue weighted by atomic mass is 10.0. The number of nitrogens with one attached hydrogen (secondary N) is 1. The second-order valence-corrected chi connectivity index (χ2v) is 6.99. The summed E-state index contributed by atoms with van der Waals surface area (Å²) in [5.41, 5.74) is 2.76. The van der Waals surface area contributed by atoms with Gasteiger partial charge in [0.05, 0.1) is 5.69 Å². The number of nitrogens with zero attached hydrogens (tertiary/aromatic N) is 1. The van der Waals surface area contributed by atoms with E-state index in [0.29, 0.717) is 30.2 Å². The first kappa shape index (κ1) is 19.3. The van der Waals surface area contributed by atoms with E-state index < -0.39 is 0 Å². The molecular weight excluding hydrogens is 411 g/mol. The Morgan fingerprint density at radius 1 is 1.11 bits per heavy atom. The molecule has 0 aliphatic heterocycles. The highest BCUT2D eigenvalue weighted by atomic mass is 79.9. The first-order chi connectivity index (χ1) is 13.1. The fourth-order valence-electron chi connectivity index (χ4n) is 2.74. The monoisotopic (exact) mass is 430 g/mol. The number of aromatic nitrogens is 1. The van der Waals surface area contributed by atoms with Crippen molar-refractivity contribution in [1.29, 1.82) is 0 Å². The fourth-order valence-corrected chi connectivity index (χ4v) is 3.10. The molecule has 0 amide bonds. The Kier molecular flexibility index (Phi) is 6.42. The summed E-state index contributed by atoms with van der Waals surface area (Å²) in [5, 5.41) is 13.5. The molecule has 0 aliphatic carbocycles. The van der Waals surface area contributed by atoms with E-state index in [4.69, 9.17) is 4.74 Å². The number of hydrogen-bond acceptors (Lipinski definition) is 4. The number of rotatable bonds is 7. The Balaban J connectivity index is 2.03. The van der Waals surface area contributed by atoms with Crippen molar-refractivity contribution < 1.29 is 14.2 Å². The highest BCUT2D eigenvalue weighted by Gasteiger charge is 2.11. The molecule has 140 valence electrons. The fraction of sp³-hybridized carbons (Fsp3) is 0.190. The lowest BCUT2D eigenvalue weighted by molar-refractivity contribution is 0.198. The summed E-state index contributed by atoms with van der Waals surface area (Å²) in [4.78, 5) is 4.62. The number of phenolic OH excluding ortho intramolecular Hbond substituents is 1. The summed E-state index contributed by atoms with van der Waals surface area (Å²) in [7, 11) is 1.66. The molecule has 0 radical (unpaired) electrons. The van der Waals surface area contributed by atoms with Crippen molar-refractivity contribution in [2.24, 2.45) is 0 Å². The molecule has 0 spiro atoms. The van der Waals surface area contributed by atoms with E-state index in [1.807, 2.05) is 24.3 Å². The predicted molar refractivity (Wildman–Crippen MR) is 109 cm³/mol. The standard InChI is InChI=1S/C21H20BrFN2O2/c1-27-9-3-8-24-21-12-15(14-4-2-5-17(23)10-14)11-19(25-21)18-13-16(22)6-7-20(18)26/h2,4-7,10-13,26H,3,8-9H2,1H3,(H,24,25). The van der Waals surface area contributed by atoms with Crippen LogP contribution in [0.15, 0.2) is 59.1 Å². The second kappa shape index (κ2) is 8.97. The lowest BCUT2D eigenvalue weighted by Crippen LogP contribution is -2.06. The van der Waals surface area contributed by atoms with Gasteiger partial charge in [-0.2, -0.15) is 0 Å². The van der Waals surface area contributed by atoms with E-state index in [1.54, 1.807) is 25.3 Å². The summed E-state index contributed by atoms with van der Waals surface area (Å²) in [6, 6.07) is 15.3. The Morgan fingerprint density at radius 2 is 1.96 bits per heavy atom. The Morgan fingerprint density at radius 3 is 2.74 bits per heavy atom. The van der Waals surface area contributed by atoms with Gasteiger partial charge in [-0.15, -0.1) is 0 Å². The maximum Gasteiger partial charge on any atom is 0.127 e. The summed E-state index contributed by atoms with van der Waals surface area (Å²) >= 11 is 3.43. The third kappa shape index (κ3) is 5.05. The SMILES string of the molecule is COCCCNc1cc(-c2cccc(F)c2)cc(-c2cc(Br)ccc2O)n1. The van der Waals surface area contributed by atoms with Crippen LogP contribution in [-0.4, -0.2) is 30.4 Å². The first-order valence-electron chi connectivity index (χ1n) is 8.56. The zero-order valence-corrected chi connectivity index (χ0v) is 16.5. The molecule has 0 saturated heterocycles. The van der Waals surface area contributed by atoms with Crippen molar-refractivity contribution in [2.45, 2.75) is 6.42 Å². The van der Waals surface area contributed by atoms with Crippen LogP contribution in [0.4, 0.5) is 10.2 Å². The second-order valence-electron chi connectivity index (χ2n) is 6.07. The third-order valence-electron chi connectivity index (χ3n) is 4.05. The van der Waals surface area contributed by atoms with Crippen LogP contribution in [0, 0.1) is 5.82 Å². The maximum absolute atomic E-state index is 13.7. The molecule has 0 bridgehead atoms. The highest BCUT2D eigenvalue weighted by Crippen LogP contribution is 2.34. The van der Waals surface area contributed by atoms with Gasteiger partial charge in [0.1, 0.15) is 17.4 Å². The molecular formula is C21H20BrFN2O2. The van der Waals surface area contributed by atoms with Crippen molar-refractivity contribution >= 4 is 21.7 Å². The smallest absolute Gasteiger partial charge is 0.127 e. The Bertz CT molecular complexity index is 934. The van der Waals surface area contributed by atoms with Gasteiger partial charge < -0.3 is 15.2 Å². The van der Waals surface area contributed by atoms with Gasteiger partial charge >= 0.3 is 0 Å². The molecule has 4 nitrogen and oxygen atoms in total. The molecule has 0 fully saturated rings. The molecule has 0 unspecified atom stereocenters. The van der Waals surface area contributed by atoms with Crippen molar-refractivity contribution in [2.75, 3.05) is 25.6 Å². The topological polar surface area (TPSA) is 54.4 Å². The van der Waals surface area contributed by atoms with Crippen LogP contribution in [-0.2, 0) is 4.74 Å². The highest BCUT2D eigenvalue weighted by molar-refractivity contribution is 9.10. The average molecular weight is 431 g/mol.